The molecule has 28 heavy (non-hydrogen) atoms. The van der Waals surface area contributed by atoms with E-state index in [0.717, 1.165) is 17.7 Å². The molecule has 2 aromatic carbocycles. The molecule has 3 aromatic rings. The van der Waals surface area contributed by atoms with Crippen molar-refractivity contribution in [1.82, 2.24) is 9.88 Å². The molecule has 0 spiro atoms. The second kappa shape index (κ2) is 9.82. The number of nitrogens with zero attached hydrogens (tertiary/aromatic N) is 3. The maximum Gasteiger partial charge on any atom is 0.263 e. The molecule has 1 heterocycles. The Morgan fingerprint density at radius 1 is 1.14 bits per heavy atom. The Labute approximate surface area is 174 Å². The van der Waals surface area contributed by atoms with E-state index in [4.69, 9.17) is 4.74 Å². The average molecular weight is 424 g/mol. The summed E-state index contributed by atoms with van der Waals surface area (Å²) in [5, 5.41) is 0.543. The predicted octanol–water partition coefficient (Wildman–Crippen LogP) is 4.46. The lowest BCUT2D eigenvalue weighted by Crippen LogP contribution is -2.34. The van der Waals surface area contributed by atoms with Crippen LogP contribution in [0.5, 0.6) is 5.75 Å². The molecule has 8 heteroatoms. The van der Waals surface area contributed by atoms with Crippen LogP contribution in [0, 0.1) is 5.82 Å². The molecule has 0 unspecified atom stereocenters. The minimum Gasteiger partial charge on any atom is -0.494 e. The first-order valence-corrected chi connectivity index (χ1v) is 9.47. The van der Waals surface area contributed by atoms with Crippen molar-refractivity contribution >= 4 is 45.0 Å². The average Bonchev–Trinajstić information content (AvgIpc) is 3.08. The molecule has 0 atom stereocenters. The van der Waals surface area contributed by atoms with Crippen LogP contribution in [0.1, 0.15) is 16.8 Å². The third-order valence-electron chi connectivity index (χ3n) is 4.16. The molecule has 1 aromatic heterocycles. The number of ether oxygens (including phenoxy) is 1. The van der Waals surface area contributed by atoms with Crippen molar-refractivity contribution < 1.29 is 13.9 Å². The highest BCUT2D eigenvalue weighted by Crippen LogP contribution is 2.34. The molecule has 0 saturated heterocycles. The lowest BCUT2D eigenvalue weighted by molar-refractivity contribution is 0.0982. The zero-order valence-electron chi connectivity index (χ0n) is 16.0. The van der Waals surface area contributed by atoms with Crippen LogP contribution in [0.4, 0.5) is 9.52 Å². The van der Waals surface area contributed by atoms with Crippen LogP contribution in [-0.4, -0.2) is 50.1 Å². The Morgan fingerprint density at radius 2 is 1.89 bits per heavy atom. The normalized spacial score (nSPS) is 10.8. The van der Waals surface area contributed by atoms with Crippen molar-refractivity contribution in [3.05, 3.63) is 53.8 Å². The largest absolute Gasteiger partial charge is 0.494 e. The molecule has 5 nitrogen and oxygen atoms in total. The Hall–Kier alpha value is -2.22. The highest BCUT2D eigenvalue weighted by atomic mass is 35.5. The quantitative estimate of drug-likeness (QED) is 0.562. The molecule has 0 N–H and O–H groups in total. The number of carbonyl (C=O) groups is 1. The minimum absolute atomic E-state index is 0. The summed E-state index contributed by atoms with van der Waals surface area (Å²) in [6, 6.07) is 11.7. The van der Waals surface area contributed by atoms with Crippen LogP contribution in [-0.2, 0) is 0 Å². The molecule has 0 radical (unpaired) electrons. The number of rotatable bonds is 7. The van der Waals surface area contributed by atoms with Gasteiger partial charge in [0.1, 0.15) is 17.1 Å². The number of halogens is 2. The summed E-state index contributed by atoms with van der Waals surface area (Å²) in [6.07, 6.45) is 0.750. The van der Waals surface area contributed by atoms with Crippen LogP contribution in [0.2, 0.25) is 0 Å². The number of aromatic nitrogens is 1. The van der Waals surface area contributed by atoms with E-state index in [2.05, 4.69) is 4.98 Å². The topological polar surface area (TPSA) is 45.7 Å². The molecular formula is C20H23ClFN3O2S. The van der Waals surface area contributed by atoms with Crippen molar-refractivity contribution in [1.29, 1.82) is 0 Å². The van der Waals surface area contributed by atoms with E-state index in [-0.39, 0.29) is 23.9 Å². The fourth-order valence-electron chi connectivity index (χ4n) is 2.80. The van der Waals surface area contributed by atoms with Crippen molar-refractivity contribution in [3.63, 3.8) is 0 Å². The molecule has 3 rings (SSSR count). The standard InChI is InChI=1S/C20H22FN3O2S.ClH/c1-23(2)12-7-13-24(19(25)14-8-4-5-9-15(14)21)20-22-18-16(26-3)10-6-11-17(18)27-20;/h4-6,8-11H,7,12-13H2,1-3H3;1H. The van der Waals surface area contributed by atoms with Crippen LogP contribution < -0.4 is 9.64 Å². The number of thiazole rings is 1. The Morgan fingerprint density at radius 3 is 2.57 bits per heavy atom. The molecule has 0 aliphatic carbocycles. The summed E-state index contributed by atoms with van der Waals surface area (Å²) >= 11 is 1.40. The van der Waals surface area contributed by atoms with Gasteiger partial charge in [-0.15, -0.1) is 12.4 Å². The molecule has 1 amide bonds. The van der Waals surface area contributed by atoms with E-state index < -0.39 is 5.82 Å². The monoisotopic (exact) mass is 423 g/mol. The lowest BCUT2D eigenvalue weighted by atomic mass is 10.2. The number of anilines is 1. The van der Waals surface area contributed by atoms with Gasteiger partial charge in [-0.3, -0.25) is 9.69 Å². The van der Waals surface area contributed by atoms with Crippen LogP contribution >= 0.6 is 23.7 Å². The highest BCUT2D eigenvalue weighted by Gasteiger charge is 2.24. The first-order chi connectivity index (χ1) is 13.0. The number of amides is 1. The number of hydrogen-bond donors (Lipinski definition) is 0. The van der Waals surface area contributed by atoms with E-state index >= 15 is 0 Å². The van der Waals surface area contributed by atoms with E-state index in [1.807, 2.05) is 37.2 Å². The summed E-state index contributed by atoms with van der Waals surface area (Å²) in [6.45, 7) is 1.27. The van der Waals surface area contributed by atoms with E-state index in [1.165, 1.54) is 23.5 Å². The van der Waals surface area contributed by atoms with Gasteiger partial charge in [0.15, 0.2) is 5.13 Å². The summed E-state index contributed by atoms with van der Waals surface area (Å²) < 4.78 is 20.5. The van der Waals surface area contributed by atoms with E-state index in [9.17, 15) is 9.18 Å². The number of methoxy groups -OCH3 is 1. The van der Waals surface area contributed by atoms with Gasteiger partial charge in [0, 0.05) is 6.54 Å². The summed E-state index contributed by atoms with van der Waals surface area (Å²) in [5.74, 6) is -0.259. The molecule has 0 aliphatic heterocycles. The predicted molar refractivity (Wildman–Crippen MR) is 115 cm³/mol. The number of carbonyl (C=O) groups excluding carboxylic acids is 1. The third-order valence-corrected chi connectivity index (χ3v) is 5.20. The molecular weight excluding hydrogens is 401 g/mol. The smallest absolute Gasteiger partial charge is 0.263 e. The number of fused-ring (bicyclic) bond motifs is 1. The van der Waals surface area contributed by atoms with Gasteiger partial charge in [-0.25, -0.2) is 9.37 Å². The summed E-state index contributed by atoms with van der Waals surface area (Å²) in [7, 11) is 5.55. The number of hydrogen-bond acceptors (Lipinski definition) is 5. The van der Waals surface area contributed by atoms with Gasteiger partial charge < -0.3 is 9.64 Å². The van der Waals surface area contributed by atoms with Crippen molar-refractivity contribution in [2.45, 2.75) is 6.42 Å². The molecule has 0 saturated carbocycles. The van der Waals surface area contributed by atoms with E-state index in [0.29, 0.717) is 22.9 Å². The fraction of sp³-hybridized carbons (Fsp3) is 0.300. The van der Waals surface area contributed by atoms with Gasteiger partial charge in [-0.1, -0.05) is 29.5 Å². The zero-order chi connectivity index (χ0) is 19.4. The SMILES string of the molecule is COc1cccc2sc(N(CCCN(C)C)C(=O)c3ccccc3F)nc12.Cl. The fourth-order valence-corrected chi connectivity index (χ4v) is 3.81. The maximum absolute atomic E-state index is 14.2. The van der Waals surface area contributed by atoms with Crippen molar-refractivity contribution in [2.75, 3.05) is 39.2 Å². The van der Waals surface area contributed by atoms with Crippen LogP contribution in [0.15, 0.2) is 42.5 Å². The van der Waals surface area contributed by atoms with Gasteiger partial charge in [-0.05, 0) is 51.3 Å². The summed E-state index contributed by atoms with van der Waals surface area (Å²) in [5.41, 5.74) is 0.757. The summed E-state index contributed by atoms with van der Waals surface area (Å²) in [4.78, 5) is 21.3. The minimum atomic E-state index is -0.529. The second-order valence-corrected chi connectivity index (χ2v) is 7.41. The molecule has 0 aliphatic rings. The Balaban J connectivity index is 0.00000280. The van der Waals surface area contributed by atoms with Crippen LogP contribution in [0.3, 0.4) is 0 Å². The van der Waals surface area contributed by atoms with Gasteiger partial charge in [-0.2, -0.15) is 0 Å². The van der Waals surface area contributed by atoms with Crippen LogP contribution in [0.25, 0.3) is 10.2 Å². The number of benzene rings is 2. The molecule has 0 fully saturated rings. The Bertz CT molecular complexity index is 948. The van der Waals surface area contributed by atoms with Gasteiger partial charge in [0.05, 0.1) is 17.4 Å². The van der Waals surface area contributed by atoms with Gasteiger partial charge >= 0.3 is 0 Å². The zero-order valence-corrected chi connectivity index (χ0v) is 17.6. The third kappa shape index (κ3) is 4.79. The number of para-hydroxylation sites is 1. The maximum atomic E-state index is 14.2. The molecule has 150 valence electrons. The van der Waals surface area contributed by atoms with Gasteiger partial charge in [0.2, 0.25) is 0 Å². The molecule has 0 bridgehead atoms. The van der Waals surface area contributed by atoms with E-state index in [1.54, 1.807) is 24.1 Å². The second-order valence-electron chi connectivity index (χ2n) is 6.40. The van der Waals surface area contributed by atoms with Crippen molar-refractivity contribution in [2.24, 2.45) is 0 Å². The lowest BCUT2D eigenvalue weighted by Gasteiger charge is -2.21. The first-order valence-electron chi connectivity index (χ1n) is 8.66. The van der Waals surface area contributed by atoms with Gasteiger partial charge in [0.25, 0.3) is 5.91 Å². The van der Waals surface area contributed by atoms with Crippen molar-refractivity contribution in [3.8, 4) is 5.75 Å². The Kier molecular flexibility index (Phi) is 7.74. The first kappa shape index (κ1) is 22.1. The highest BCUT2D eigenvalue weighted by molar-refractivity contribution is 7.22.